The van der Waals surface area contributed by atoms with Gasteiger partial charge < -0.3 is 0 Å². The van der Waals surface area contributed by atoms with Crippen molar-refractivity contribution in [3.05, 3.63) is 32.8 Å². The van der Waals surface area contributed by atoms with E-state index in [1.165, 1.54) is 0 Å². The number of benzene rings is 1. The fourth-order valence-electron chi connectivity index (χ4n) is 0.508. The molecule has 0 aliphatic carbocycles. The molecule has 0 bridgehead atoms. The van der Waals surface area contributed by atoms with Gasteiger partial charge in [-0.2, -0.15) is 0 Å². The van der Waals surface area contributed by atoms with Gasteiger partial charge in [0.1, 0.15) is 0 Å². The van der Waals surface area contributed by atoms with Crippen LogP contribution in [0.25, 0.3) is 4.98 Å². The number of diazo groups is 1. The van der Waals surface area contributed by atoms with E-state index in [9.17, 15) is 20.8 Å². The van der Waals surface area contributed by atoms with E-state index in [0.717, 1.165) is 3.57 Å². The fraction of sp³-hybridized carbons (Fsp3) is 0. The quantitative estimate of drug-likeness (QED) is 0.254. The van der Waals surface area contributed by atoms with Crippen LogP contribution in [0.15, 0.2) is 24.3 Å². The monoisotopic (exact) mass is 420 g/mol. The molecule has 92 valence electrons. The smallest absolute Gasteiger partial charge is 0.0443 e. The van der Waals surface area contributed by atoms with E-state index in [1.807, 2.05) is 12.1 Å². The average Bonchev–Trinajstić information content (AvgIpc) is 2.00. The van der Waals surface area contributed by atoms with E-state index in [1.54, 1.807) is 12.1 Å². The molecule has 0 aromatic heterocycles. The molecule has 0 aliphatic heterocycles. The van der Waals surface area contributed by atoms with Crippen LogP contribution in [0, 0.1) is 8.96 Å². The summed E-state index contributed by atoms with van der Waals surface area (Å²) in [5.74, 6) is 0. The zero-order valence-electron chi connectivity index (χ0n) is 7.30. The Kier molecular flexibility index (Phi) is 3.94. The van der Waals surface area contributed by atoms with Gasteiger partial charge in [0.2, 0.25) is 5.39 Å². The largest absolute Gasteiger partial charge is 0.385 e. The minimum absolute atomic E-state index is 0.593. The molecule has 0 amide bonds. The van der Waals surface area contributed by atoms with Crippen molar-refractivity contribution in [3.63, 3.8) is 0 Å². The molecule has 0 spiro atoms. The first-order chi connectivity index (χ1) is 6.78. The summed E-state index contributed by atoms with van der Waals surface area (Å²) in [6, 6.07) is 7.27. The molecular weight excluding hydrogens is 416 g/mol. The van der Waals surface area contributed by atoms with Crippen molar-refractivity contribution in [3.8, 4) is 0 Å². The first kappa shape index (κ1) is 15.5. The number of hydrogen-bond donors (Lipinski definition) is 0. The summed E-state index contributed by atoms with van der Waals surface area (Å²) in [6.07, 6.45) is 0. The summed E-state index contributed by atoms with van der Waals surface area (Å²) in [6.45, 7) is 0. The zero-order valence-corrected chi connectivity index (χ0v) is 11.3. The van der Waals surface area contributed by atoms with Gasteiger partial charge in [0.15, 0.2) is 4.98 Å². The first-order valence-corrected chi connectivity index (χ1v) is 8.78. The second kappa shape index (κ2) is 4.07. The Morgan fingerprint density at radius 1 is 0.938 bits per heavy atom. The molecule has 1 aromatic carbocycles. The topological polar surface area (TPSA) is 28.1 Å². The van der Waals surface area contributed by atoms with E-state index < -0.39 is 14.2 Å². The molecular formula is C6H4AsF6IN2. The van der Waals surface area contributed by atoms with Gasteiger partial charge in [-0.05, 0) is 34.7 Å². The van der Waals surface area contributed by atoms with Crippen LogP contribution in [0.4, 0.5) is 26.5 Å². The molecule has 16 heavy (non-hydrogen) atoms. The van der Waals surface area contributed by atoms with Crippen molar-refractivity contribution < 1.29 is 20.8 Å². The molecule has 0 fully saturated rings. The summed E-state index contributed by atoms with van der Waals surface area (Å²) in [5, 5.41) is 8.25. The maximum absolute atomic E-state index is 11.1. The number of hydrogen-bond acceptors (Lipinski definition) is 1. The SMILES string of the molecule is F[As-](F)(F)(F)(F)F.N#[N+]c1ccc(I)cc1. The second-order valence-corrected chi connectivity index (χ2v) is 7.80. The Morgan fingerprint density at radius 3 is 1.50 bits per heavy atom. The normalized spacial score (nSPS) is 14.9. The molecule has 0 saturated heterocycles. The molecule has 0 atom stereocenters. The van der Waals surface area contributed by atoms with E-state index in [-0.39, 0.29) is 0 Å². The molecule has 0 radical (unpaired) electrons. The van der Waals surface area contributed by atoms with Crippen LogP contribution in [-0.2, 0) is 0 Å². The van der Waals surface area contributed by atoms with E-state index in [2.05, 4.69) is 27.6 Å². The molecule has 0 heterocycles. The molecule has 1 aromatic rings. The van der Waals surface area contributed by atoms with Crippen molar-refractivity contribution in [1.82, 2.24) is 0 Å². The number of rotatable bonds is 0. The van der Waals surface area contributed by atoms with E-state index in [0.29, 0.717) is 5.69 Å². The number of nitrogens with zero attached hydrogens (tertiary/aromatic N) is 2. The second-order valence-electron chi connectivity index (χ2n) is 2.53. The molecule has 2 nitrogen and oxygen atoms in total. The molecule has 0 unspecified atom stereocenters. The van der Waals surface area contributed by atoms with Crippen molar-refractivity contribution in [2.75, 3.05) is 0 Å². The molecule has 0 N–H and O–H groups in total. The predicted octanol–water partition coefficient (Wildman–Crippen LogP) is 4.92. The third kappa shape index (κ3) is 16.0. The zero-order chi connectivity index (χ0) is 13.1. The van der Waals surface area contributed by atoms with Gasteiger partial charge >= 0.3 is 40.7 Å². The number of halogens is 7. The minimum atomic E-state index is -11.1. The third-order valence-corrected chi connectivity index (χ3v) is 1.66. The van der Waals surface area contributed by atoms with Gasteiger partial charge in [-0.3, -0.25) is 0 Å². The minimum Gasteiger partial charge on any atom is -0.0443 e. The summed E-state index contributed by atoms with van der Waals surface area (Å²) < 4.78 is 60.6. The Hall–Kier alpha value is -0.492. The summed E-state index contributed by atoms with van der Waals surface area (Å²) in [7, 11) is 0. The third-order valence-electron chi connectivity index (χ3n) is 0.942. The summed E-state index contributed by atoms with van der Waals surface area (Å²) >= 11 is -8.87. The van der Waals surface area contributed by atoms with Crippen LogP contribution in [-0.4, -0.2) is 14.2 Å². The van der Waals surface area contributed by atoms with Gasteiger partial charge in [0.25, 0.3) is 0 Å². The van der Waals surface area contributed by atoms with Crippen LogP contribution in [0.1, 0.15) is 0 Å². The van der Waals surface area contributed by atoms with Crippen LogP contribution < -0.4 is 0 Å². The van der Waals surface area contributed by atoms with Crippen LogP contribution in [0.2, 0.25) is 0 Å². The maximum atomic E-state index is 9.91. The van der Waals surface area contributed by atoms with Gasteiger partial charge in [-0.25, -0.2) is 0 Å². The van der Waals surface area contributed by atoms with Gasteiger partial charge in [-0.15, -0.1) is 0 Å². The molecule has 0 saturated carbocycles. The van der Waals surface area contributed by atoms with Crippen molar-refractivity contribution in [1.29, 1.82) is 5.39 Å². The fourth-order valence-corrected chi connectivity index (χ4v) is 0.867. The van der Waals surface area contributed by atoms with Crippen LogP contribution >= 0.6 is 22.6 Å². The first-order valence-electron chi connectivity index (χ1n) is 3.45. The van der Waals surface area contributed by atoms with Crippen LogP contribution in [0.5, 0.6) is 0 Å². The van der Waals surface area contributed by atoms with Gasteiger partial charge in [0, 0.05) is 15.7 Å². The Balaban J connectivity index is 0.000000293. The van der Waals surface area contributed by atoms with Gasteiger partial charge in [0.05, 0.1) is 0 Å². The molecule has 1 rings (SSSR count). The van der Waals surface area contributed by atoms with Crippen molar-refractivity contribution in [2.45, 2.75) is 0 Å². The maximum Gasteiger partial charge on any atom is 0.385 e. The van der Waals surface area contributed by atoms with Crippen molar-refractivity contribution in [2.24, 2.45) is 0 Å². The van der Waals surface area contributed by atoms with Crippen LogP contribution in [0.3, 0.4) is 0 Å². The summed E-state index contributed by atoms with van der Waals surface area (Å²) in [5.41, 5.74) is 0.593. The van der Waals surface area contributed by atoms with Gasteiger partial charge in [-0.1, -0.05) is 0 Å². The van der Waals surface area contributed by atoms with Crippen molar-refractivity contribution >= 4 is 42.5 Å². The molecule has 10 heteroatoms. The summed E-state index contributed by atoms with van der Waals surface area (Å²) in [4.78, 5) is 3.01. The standard InChI is InChI=1S/C6H4IN2.AsF6/c7-5-1-3-6(9-8)4-2-5;2-1(3,4,5,6)7/h1-4H;/q+1;-1. The molecule has 0 aliphatic rings. The Morgan fingerprint density at radius 2 is 1.25 bits per heavy atom. The predicted molar refractivity (Wildman–Crippen MR) is 56.3 cm³/mol. The Bertz CT molecular complexity index is 393. The van der Waals surface area contributed by atoms with E-state index >= 15 is 0 Å². The van der Waals surface area contributed by atoms with E-state index in [4.69, 9.17) is 5.39 Å². The average molecular weight is 420 g/mol. The Labute approximate surface area is 101 Å².